The predicted molar refractivity (Wildman–Crippen MR) is 108 cm³/mol. The van der Waals surface area contributed by atoms with Gasteiger partial charge in [-0.2, -0.15) is 0 Å². The van der Waals surface area contributed by atoms with Gasteiger partial charge in [-0.25, -0.2) is 13.4 Å². The van der Waals surface area contributed by atoms with Crippen LogP contribution in [-0.2, 0) is 27.7 Å². The lowest BCUT2D eigenvalue weighted by Gasteiger charge is -2.28. The fourth-order valence-corrected chi connectivity index (χ4v) is 5.90. The molecule has 0 aliphatic carbocycles. The summed E-state index contributed by atoms with van der Waals surface area (Å²) in [7, 11) is -3.13. The largest absolute Gasteiger partial charge is 0.332 e. The van der Waals surface area contributed by atoms with E-state index in [0.29, 0.717) is 23.9 Å². The van der Waals surface area contributed by atoms with Gasteiger partial charge >= 0.3 is 0 Å². The maximum absolute atomic E-state index is 13.1. The van der Waals surface area contributed by atoms with Gasteiger partial charge in [-0.1, -0.05) is 18.2 Å². The summed E-state index contributed by atoms with van der Waals surface area (Å²) in [5, 5.41) is 2.37. The molecule has 3 aromatic rings. The van der Waals surface area contributed by atoms with Crippen molar-refractivity contribution < 1.29 is 13.2 Å². The van der Waals surface area contributed by atoms with E-state index in [2.05, 4.69) is 4.98 Å². The minimum atomic E-state index is -3.13. The Morgan fingerprint density at radius 2 is 2.07 bits per heavy atom. The second-order valence-electron chi connectivity index (χ2n) is 6.85. The van der Waals surface area contributed by atoms with Crippen molar-refractivity contribution in [3.8, 4) is 0 Å². The van der Waals surface area contributed by atoms with E-state index in [-0.39, 0.29) is 35.6 Å². The Balaban J connectivity index is 1.62. The van der Waals surface area contributed by atoms with E-state index in [1.165, 1.54) is 22.2 Å². The molecule has 2 aromatic heterocycles. The van der Waals surface area contributed by atoms with Crippen molar-refractivity contribution in [1.82, 2.24) is 14.5 Å². The molecule has 28 heavy (non-hydrogen) atoms. The first-order chi connectivity index (χ1) is 13.4. The van der Waals surface area contributed by atoms with Gasteiger partial charge in [0.1, 0.15) is 6.54 Å². The molecule has 0 radical (unpaired) electrons. The number of carbonyl (C=O) groups is 1. The molecule has 146 valence electrons. The topological polar surface area (TPSA) is 89.3 Å². The standard InChI is InChI=1S/C19H19N3O4S2/c23-18(11-21-13-20-17-6-2-1-5-16(17)19(21)24)22(10-15-4-3-8-27-15)14-7-9-28(25,26)12-14/h1-6,8,13-14H,7,9-12H2. The maximum Gasteiger partial charge on any atom is 0.261 e. The number of para-hydroxylation sites is 1. The lowest BCUT2D eigenvalue weighted by Crippen LogP contribution is -2.43. The lowest BCUT2D eigenvalue weighted by molar-refractivity contribution is -0.134. The summed E-state index contributed by atoms with van der Waals surface area (Å²) in [5.74, 6) is -0.229. The molecular weight excluding hydrogens is 398 g/mol. The first kappa shape index (κ1) is 18.8. The average molecular weight is 418 g/mol. The van der Waals surface area contributed by atoms with E-state index < -0.39 is 9.84 Å². The fraction of sp³-hybridized carbons (Fsp3) is 0.316. The number of nitrogens with zero attached hydrogens (tertiary/aromatic N) is 3. The molecule has 1 atom stereocenters. The van der Waals surface area contributed by atoms with Crippen LogP contribution in [0.5, 0.6) is 0 Å². The van der Waals surface area contributed by atoms with Gasteiger partial charge in [0.2, 0.25) is 5.91 Å². The Kier molecular flexibility index (Phi) is 5.03. The molecule has 0 saturated carbocycles. The minimum Gasteiger partial charge on any atom is -0.332 e. The van der Waals surface area contributed by atoms with Crippen LogP contribution in [0.25, 0.3) is 10.9 Å². The van der Waals surface area contributed by atoms with Crippen molar-refractivity contribution in [2.75, 3.05) is 11.5 Å². The number of amides is 1. The molecule has 7 nitrogen and oxygen atoms in total. The van der Waals surface area contributed by atoms with Crippen LogP contribution in [0.4, 0.5) is 0 Å². The quantitative estimate of drug-likeness (QED) is 0.630. The summed E-state index contributed by atoms with van der Waals surface area (Å²) >= 11 is 1.51. The van der Waals surface area contributed by atoms with Gasteiger partial charge in [-0.05, 0) is 30.0 Å². The number of fused-ring (bicyclic) bond motifs is 1. The van der Waals surface area contributed by atoms with Crippen LogP contribution in [0.15, 0.2) is 52.9 Å². The van der Waals surface area contributed by atoms with Crippen molar-refractivity contribution in [2.24, 2.45) is 0 Å². The molecule has 0 spiro atoms. The number of rotatable bonds is 5. The lowest BCUT2D eigenvalue weighted by atomic mass is 10.2. The summed E-state index contributed by atoms with van der Waals surface area (Å²) in [6.45, 7) is 0.172. The minimum absolute atomic E-state index is 0.0328. The van der Waals surface area contributed by atoms with Gasteiger partial charge in [-0.3, -0.25) is 14.2 Å². The zero-order chi connectivity index (χ0) is 19.7. The molecule has 0 bridgehead atoms. The summed E-state index contributed by atoms with van der Waals surface area (Å²) < 4.78 is 25.1. The summed E-state index contributed by atoms with van der Waals surface area (Å²) in [6, 6.07) is 10.4. The third kappa shape index (κ3) is 3.85. The van der Waals surface area contributed by atoms with Crippen LogP contribution in [0.1, 0.15) is 11.3 Å². The zero-order valence-corrected chi connectivity index (χ0v) is 16.7. The average Bonchev–Trinajstić information content (AvgIpc) is 3.31. The number of hydrogen-bond acceptors (Lipinski definition) is 6. The smallest absolute Gasteiger partial charge is 0.261 e. The number of thiophene rings is 1. The molecule has 1 amide bonds. The Labute approximate surface area is 166 Å². The number of carbonyl (C=O) groups excluding carboxylic acids is 1. The van der Waals surface area contributed by atoms with Crippen LogP contribution in [0, 0.1) is 0 Å². The van der Waals surface area contributed by atoms with Crippen molar-refractivity contribution in [2.45, 2.75) is 25.6 Å². The van der Waals surface area contributed by atoms with Crippen LogP contribution < -0.4 is 5.56 Å². The Hall–Kier alpha value is -2.52. The van der Waals surface area contributed by atoms with Gasteiger partial charge in [0.15, 0.2) is 9.84 Å². The van der Waals surface area contributed by atoms with Gasteiger partial charge in [0, 0.05) is 10.9 Å². The highest BCUT2D eigenvalue weighted by atomic mass is 32.2. The number of sulfone groups is 1. The first-order valence-electron chi connectivity index (χ1n) is 8.89. The molecule has 3 heterocycles. The van der Waals surface area contributed by atoms with Crippen molar-refractivity contribution in [3.63, 3.8) is 0 Å². The predicted octanol–water partition coefficient (Wildman–Crippen LogP) is 1.67. The zero-order valence-electron chi connectivity index (χ0n) is 15.0. The number of aromatic nitrogens is 2. The first-order valence-corrected chi connectivity index (χ1v) is 11.6. The van der Waals surface area contributed by atoms with Crippen molar-refractivity contribution in [3.05, 3.63) is 63.3 Å². The van der Waals surface area contributed by atoms with Crippen LogP contribution >= 0.6 is 11.3 Å². The second-order valence-corrected chi connectivity index (χ2v) is 10.1. The Morgan fingerprint density at radius 3 is 2.79 bits per heavy atom. The van der Waals surface area contributed by atoms with E-state index in [4.69, 9.17) is 0 Å². The highest BCUT2D eigenvalue weighted by molar-refractivity contribution is 7.91. The number of hydrogen-bond donors (Lipinski definition) is 0. The molecule has 0 N–H and O–H groups in total. The van der Waals surface area contributed by atoms with E-state index in [9.17, 15) is 18.0 Å². The van der Waals surface area contributed by atoms with Crippen LogP contribution in [0.2, 0.25) is 0 Å². The molecule has 1 fully saturated rings. The summed E-state index contributed by atoms with van der Waals surface area (Å²) in [4.78, 5) is 32.6. The number of benzene rings is 1. The molecule has 1 unspecified atom stereocenters. The second kappa shape index (κ2) is 7.48. The highest BCUT2D eigenvalue weighted by Gasteiger charge is 2.35. The molecular formula is C19H19N3O4S2. The highest BCUT2D eigenvalue weighted by Crippen LogP contribution is 2.22. The van der Waals surface area contributed by atoms with Gasteiger partial charge in [0.05, 0.1) is 35.3 Å². The van der Waals surface area contributed by atoms with E-state index in [1.807, 2.05) is 17.5 Å². The maximum atomic E-state index is 13.1. The van der Waals surface area contributed by atoms with Crippen LogP contribution in [0.3, 0.4) is 0 Å². The van der Waals surface area contributed by atoms with Gasteiger partial charge < -0.3 is 4.90 Å². The van der Waals surface area contributed by atoms with E-state index in [1.54, 1.807) is 29.2 Å². The van der Waals surface area contributed by atoms with E-state index >= 15 is 0 Å². The summed E-state index contributed by atoms with van der Waals surface area (Å²) in [6.07, 6.45) is 1.79. The van der Waals surface area contributed by atoms with Crippen molar-refractivity contribution in [1.29, 1.82) is 0 Å². The van der Waals surface area contributed by atoms with Crippen molar-refractivity contribution >= 4 is 38.0 Å². The Bertz CT molecular complexity index is 1170. The molecule has 9 heteroatoms. The fourth-order valence-electron chi connectivity index (χ4n) is 3.47. The molecule has 1 aliphatic rings. The monoisotopic (exact) mass is 417 g/mol. The van der Waals surface area contributed by atoms with Gasteiger partial charge in [-0.15, -0.1) is 11.3 Å². The van der Waals surface area contributed by atoms with E-state index in [0.717, 1.165) is 4.88 Å². The van der Waals surface area contributed by atoms with Gasteiger partial charge in [0.25, 0.3) is 5.56 Å². The molecule has 1 aliphatic heterocycles. The Morgan fingerprint density at radius 1 is 1.25 bits per heavy atom. The van der Waals surface area contributed by atoms with Crippen LogP contribution in [-0.4, -0.2) is 46.3 Å². The normalized spacial score (nSPS) is 18.4. The third-order valence-corrected chi connectivity index (χ3v) is 7.52. The SMILES string of the molecule is O=C(Cn1cnc2ccccc2c1=O)N(Cc1cccs1)C1CCS(=O)(=O)C1. The molecule has 4 rings (SSSR count). The summed E-state index contributed by atoms with van der Waals surface area (Å²) in [5.41, 5.74) is 0.294. The third-order valence-electron chi connectivity index (χ3n) is 4.91. The molecule has 1 aromatic carbocycles. The molecule has 1 saturated heterocycles.